The lowest BCUT2D eigenvalue weighted by Crippen LogP contribution is -2.52. The summed E-state index contributed by atoms with van der Waals surface area (Å²) in [6.07, 6.45) is 0.669. The second-order valence-electron chi connectivity index (χ2n) is 7.24. The zero-order valence-corrected chi connectivity index (χ0v) is 16.6. The van der Waals surface area contributed by atoms with Crippen LogP contribution >= 0.6 is 0 Å². The van der Waals surface area contributed by atoms with E-state index < -0.39 is 29.5 Å². The van der Waals surface area contributed by atoms with Crippen LogP contribution in [0.3, 0.4) is 0 Å². The Labute approximate surface area is 173 Å². The number of hydrogen-bond acceptors (Lipinski definition) is 3. The maximum absolute atomic E-state index is 13.3. The highest BCUT2D eigenvalue weighted by atomic mass is 19.1. The summed E-state index contributed by atoms with van der Waals surface area (Å²) in [7, 11) is 0. The number of benzene rings is 2. The molecule has 3 rings (SSSR count). The lowest BCUT2D eigenvalue weighted by Gasteiger charge is -2.34. The quantitative estimate of drug-likeness (QED) is 0.754. The summed E-state index contributed by atoms with van der Waals surface area (Å²) >= 11 is 0. The Bertz CT molecular complexity index is 912. The number of carbonyl (C=O) groups excluding carboxylic acids is 3. The van der Waals surface area contributed by atoms with Gasteiger partial charge >= 0.3 is 0 Å². The number of nitrogens with zero attached hydrogens (tertiary/aromatic N) is 2. The van der Waals surface area contributed by atoms with Gasteiger partial charge in [0.05, 0.1) is 6.42 Å². The minimum Gasteiger partial charge on any atom is -0.344 e. The van der Waals surface area contributed by atoms with E-state index in [9.17, 15) is 23.2 Å². The second kappa shape index (κ2) is 9.47. The van der Waals surface area contributed by atoms with Gasteiger partial charge < -0.3 is 15.1 Å². The van der Waals surface area contributed by atoms with Gasteiger partial charge in [0.2, 0.25) is 17.7 Å². The van der Waals surface area contributed by atoms with E-state index >= 15 is 0 Å². The maximum atomic E-state index is 13.3. The number of halogens is 2. The van der Waals surface area contributed by atoms with Crippen LogP contribution in [-0.2, 0) is 20.8 Å². The normalized spacial score (nSPS) is 13.9. The van der Waals surface area contributed by atoms with Crippen LogP contribution in [0.4, 0.5) is 14.5 Å². The molecule has 3 amide bonds. The van der Waals surface area contributed by atoms with E-state index in [4.69, 9.17) is 0 Å². The largest absolute Gasteiger partial charge is 0.344 e. The Morgan fingerprint density at radius 1 is 1.07 bits per heavy atom. The Morgan fingerprint density at radius 2 is 1.70 bits per heavy atom. The summed E-state index contributed by atoms with van der Waals surface area (Å²) in [5, 5.41) is 2.55. The zero-order valence-electron chi connectivity index (χ0n) is 16.6. The first-order valence-electron chi connectivity index (χ1n) is 9.72. The number of likely N-dealkylation sites (tertiary alicyclic amines) is 1. The van der Waals surface area contributed by atoms with Crippen molar-refractivity contribution in [2.24, 2.45) is 0 Å². The van der Waals surface area contributed by atoms with Crippen LogP contribution in [0, 0.1) is 11.6 Å². The topological polar surface area (TPSA) is 69.7 Å². The van der Waals surface area contributed by atoms with Gasteiger partial charge in [0, 0.05) is 24.8 Å². The lowest BCUT2D eigenvalue weighted by molar-refractivity contribution is -0.134. The van der Waals surface area contributed by atoms with Crippen LogP contribution < -0.4 is 10.2 Å². The molecule has 1 heterocycles. The molecule has 1 aliphatic heterocycles. The first-order valence-corrected chi connectivity index (χ1v) is 9.72. The molecular formula is C22H23F2N3O3. The summed E-state index contributed by atoms with van der Waals surface area (Å²) in [5.41, 5.74) is 0.710. The molecule has 0 bridgehead atoms. The Morgan fingerprint density at radius 3 is 2.27 bits per heavy atom. The molecule has 1 atom stereocenters. The molecule has 30 heavy (non-hydrogen) atoms. The van der Waals surface area contributed by atoms with E-state index in [0.717, 1.165) is 24.6 Å². The highest BCUT2D eigenvalue weighted by Gasteiger charge is 2.28. The van der Waals surface area contributed by atoms with Gasteiger partial charge in [-0.05, 0) is 43.2 Å². The molecule has 0 aromatic heterocycles. The van der Waals surface area contributed by atoms with Crippen LogP contribution in [0.25, 0.3) is 0 Å². The zero-order chi connectivity index (χ0) is 21.7. The number of nitrogens with one attached hydrogen (secondary N) is 1. The first kappa shape index (κ1) is 21.4. The summed E-state index contributed by atoms with van der Waals surface area (Å²) in [6, 6.07) is 10.7. The van der Waals surface area contributed by atoms with Crippen LogP contribution in [0.5, 0.6) is 0 Å². The Kier molecular flexibility index (Phi) is 6.76. The number of anilines is 1. The summed E-state index contributed by atoms with van der Waals surface area (Å²) in [6.45, 7) is 2.73. The van der Waals surface area contributed by atoms with Gasteiger partial charge in [0.1, 0.15) is 24.2 Å². The second-order valence-corrected chi connectivity index (χ2v) is 7.24. The molecule has 1 aliphatic rings. The molecule has 6 nitrogen and oxygen atoms in total. The number of para-hydroxylation sites is 1. The molecule has 8 heteroatoms. The van der Waals surface area contributed by atoms with Crippen molar-refractivity contribution in [3.63, 3.8) is 0 Å². The first-order chi connectivity index (χ1) is 14.3. The molecule has 2 aromatic carbocycles. The number of amides is 3. The molecule has 158 valence electrons. The number of carbonyl (C=O) groups is 3. The van der Waals surface area contributed by atoms with Gasteiger partial charge in [-0.3, -0.25) is 14.4 Å². The predicted molar refractivity (Wildman–Crippen MR) is 108 cm³/mol. The fraction of sp³-hybridized carbons (Fsp3) is 0.318. The van der Waals surface area contributed by atoms with Gasteiger partial charge in [-0.1, -0.05) is 18.2 Å². The summed E-state index contributed by atoms with van der Waals surface area (Å²) in [5.74, 6) is -2.72. The molecule has 0 radical (unpaired) electrons. The average Bonchev–Trinajstić information content (AvgIpc) is 2.63. The molecule has 0 aliphatic carbocycles. The van der Waals surface area contributed by atoms with Crippen LogP contribution in [-0.4, -0.2) is 48.3 Å². The van der Waals surface area contributed by atoms with E-state index in [1.165, 1.54) is 11.8 Å². The average molecular weight is 415 g/mol. The third kappa shape index (κ3) is 5.40. The fourth-order valence-corrected chi connectivity index (χ4v) is 3.19. The maximum Gasteiger partial charge on any atom is 0.249 e. The Hall–Kier alpha value is -3.29. The van der Waals surface area contributed by atoms with Crippen molar-refractivity contribution in [3.05, 3.63) is 65.7 Å². The van der Waals surface area contributed by atoms with Crippen LogP contribution in [0.1, 0.15) is 18.9 Å². The van der Waals surface area contributed by atoms with Crippen molar-refractivity contribution >= 4 is 23.4 Å². The molecule has 1 N–H and O–H groups in total. The fourth-order valence-electron chi connectivity index (χ4n) is 3.19. The summed E-state index contributed by atoms with van der Waals surface area (Å²) < 4.78 is 26.6. The van der Waals surface area contributed by atoms with E-state index in [1.54, 1.807) is 35.2 Å². The van der Waals surface area contributed by atoms with Crippen LogP contribution in [0.15, 0.2) is 48.5 Å². The van der Waals surface area contributed by atoms with Gasteiger partial charge in [0.25, 0.3) is 0 Å². The molecule has 2 aromatic rings. The standard InChI is InChI=1S/C22H23F2N3O3/c1-15(25-20(28)12-16-10-17(23)13-18(24)11-16)22(30)27(19-6-3-2-4-7-19)14-21(29)26-8-5-9-26/h2-4,6-7,10-11,13,15H,5,8-9,12,14H2,1H3,(H,25,28)/t15-/m0/s1. The van der Waals surface area contributed by atoms with E-state index in [2.05, 4.69) is 5.32 Å². The molecular weight excluding hydrogens is 392 g/mol. The smallest absolute Gasteiger partial charge is 0.249 e. The molecule has 1 fully saturated rings. The van der Waals surface area contributed by atoms with Gasteiger partial charge in [-0.15, -0.1) is 0 Å². The van der Waals surface area contributed by atoms with E-state index in [1.807, 2.05) is 0 Å². The van der Waals surface area contributed by atoms with E-state index in [-0.39, 0.29) is 24.4 Å². The predicted octanol–water partition coefficient (Wildman–Crippen LogP) is 2.28. The van der Waals surface area contributed by atoms with Crippen molar-refractivity contribution in [1.82, 2.24) is 10.2 Å². The molecule has 0 saturated carbocycles. The summed E-state index contributed by atoms with van der Waals surface area (Å²) in [4.78, 5) is 40.8. The molecule has 0 unspecified atom stereocenters. The molecule has 1 saturated heterocycles. The minimum atomic E-state index is -0.930. The van der Waals surface area contributed by atoms with Crippen molar-refractivity contribution in [1.29, 1.82) is 0 Å². The number of hydrogen-bond donors (Lipinski definition) is 1. The van der Waals surface area contributed by atoms with Crippen molar-refractivity contribution in [2.45, 2.75) is 25.8 Å². The van der Waals surface area contributed by atoms with Crippen LogP contribution in [0.2, 0.25) is 0 Å². The highest BCUT2D eigenvalue weighted by Crippen LogP contribution is 2.17. The third-order valence-electron chi connectivity index (χ3n) is 4.87. The lowest BCUT2D eigenvalue weighted by atomic mass is 10.1. The van der Waals surface area contributed by atoms with Gasteiger partial charge in [-0.25, -0.2) is 8.78 Å². The van der Waals surface area contributed by atoms with Crippen molar-refractivity contribution in [3.8, 4) is 0 Å². The monoisotopic (exact) mass is 415 g/mol. The minimum absolute atomic E-state index is 0.127. The SMILES string of the molecule is C[C@H](NC(=O)Cc1cc(F)cc(F)c1)C(=O)N(CC(=O)N1CCC1)c1ccccc1. The van der Waals surface area contributed by atoms with E-state index in [0.29, 0.717) is 18.8 Å². The highest BCUT2D eigenvalue weighted by molar-refractivity contribution is 6.02. The number of rotatable bonds is 7. The van der Waals surface area contributed by atoms with Gasteiger partial charge in [-0.2, -0.15) is 0 Å². The van der Waals surface area contributed by atoms with Crippen molar-refractivity contribution in [2.75, 3.05) is 24.5 Å². The van der Waals surface area contributed by atoms with Crippen molar-refractivity contribution < 1.29 is 23.2 Å². The van der Waals surface area contributed by atoms with Gasteiger partial charge in [0.15, 0.2) is 0 Å². The Balaban J connectivity index is 1.68. The third-order valence-corrected chi connectivity index (χ3v) is 4.87. The molecule has 0 spiro atoms.